The average molecular weight is 457 g/mol. The Morgan fingerprint density at radius 3 is 2.39 bits per heavy atom. The Bertz CT molecular complexity index is 1420. The summed E-state index contributed by atoms with van der Waals surface area (Å²) in [7, 11) is 0. The van der Waals surface area contributed by atoms with E-state index in [1.165, 1.54) is 11.1 Å². The molecule has 33 heavy (non-hydrogen) atoms. The first kappa shape index (κ1) is 21.2. The summed E-state index contributed by atoms with van der Waals surface area (Å²) in [4.78, 5) is 27.0. The van der Waals surface area contributed by atoms with Crippen molar-refractivity contribution in [1.29, 1.82) is 0 Å². The van der Waals surface area contributed by atoms with Crippen LogP contribution in [0.25, 0.3) is 10.1 Å². The standard InChI is InChI=1S/C27H24N2O3S/c1-16-11-21(17(2)28-23-10-6-5-9-20(23)27(31)32)26-22(12-16)24(30)13-25(33-26)29-14-18-7-3-4-8-19(18)15-29/h3-13,17,28H,14-15H2,1-2H3,(H,31,32). The predicted octanol–water partition coefficient (Wildman–Crippen LogP) is 5.96. The lowest BCUT2D eigenvalue weighted by Crippen LogP contribution is -2.16. The van der Waals surface area contributed by atoms with Gasteiger partial charge >= 0.3 is 5.97 Å². The molecule has 1 atom stereocenters. The SMILES string of the molecule is Cc1cc(C(C)Nc2ccccc2C(=O)O)c2sc(N3Cc4ccccc4C3)cc(=O)c2c1. The molecule has 0 saturated heterocycles. The molecule has 2 N–H and O–H groups in total. The highest BCUT2D eigenvalue weighted by atomic mass is 32.1. The van der Waals surface area contributed by atoms with Crippen LogP contribution in [0.3, 0.4) is 0 Å². The van der Waals surface area contributed by atoms with Gasteiger partial charge in [-0.15, -0.1) is 11.3 Å². The number of para-hydroxylation sites is 1. The summed E-state index contributed by atoms with van der Waals surface area (Å²) < 4.78 is 0.937. The van der Waals surface area contributed by atoms with E-state index >= 15 is 0 Å². The molecule has 5 nitrogen and oxygen atoms in total. The minimum atomic E-state index is -0.972. The fraction of sp³-hybridized carbons (Fsp3) is 0.185. The van der Waals surface area contributed by atoms with Gasteiger partial charge < -0.3 is 15.3 Å². The zero-order valence-corrected chi connectivity index (χ0v) is 19.3. The molecule has 3 aromatic carbocycles. The normalized spacial score (nSPS) is 13.7. The molecule has 0 amide bonds. The van der Waals surface area contributed by atoms with Gasteiger partial charge in [0.2, 0.25) is 0 Å². The van der Waals surface area contributed by atoms with Gasteiger partial charge in [-0.2, -0.15) is 0 Å². The first-order valence-electron chi connectivity index (χ1n) is 10.9. The summed E-state index contributed by atoms with van der Waals surface area (Å²) in [5.41, 5.74) is 5.38. The molecule has 1 aliphatic rings. The highest BCUT2D eigenvalue weighted by Crippen LogP contribution is 2.37. The Kier molecular flexibility index (Phi) is 5.38. The molecule has 5 rings (SSSR count). The zero-order valence-electron chi connectivity index (χ0n) is 18.5. The molecule has 0 saturated carbocycles. The number of hydrogen-bond acceptors (Lipinski definition) is 5. The van der Waals surface area contributed by atoms with Crippen LogP contribution in [0.5, 0.6) is 0 Å². The molecule has 1 aromatic heterocycles. The third-order valence-corrected chi connectivity index (χ3v) is 7.38. The van der Waals surface area contributed by atoms with E-state index in [2.05, 4.69) is 28.4 Å². The van der Waals surface area contributed by atoms with Crippen LogP contribution in [-0.4, -0.2) is 11.1 Å². The van der Waals surface area contributed by atoms with E-state index in [-0.39, 0.29) is 17.0 Å². The van der Waals surface area contributed by atoms with Crippen LogP contribution in [0, 0.1) is 6.92 Å². The molecule has 1 unspecified atom stereocenters. The Morgan fingerprint density at radius 2 is 1.70 bits per heavy atom. The molecule has 166 valence electrons. The van der Waals surface area contributed by atoms with Crippen LogP contribution in [0.4, 0.5) is 10.7 Å². The van der Waals surface area contributed by atoms with Gasteiger partial charge in [-0.3, -0.25) is 4.79 Å². The number of aromatic carboxylic acids is 1. The summed E-state index contributed by atoms with van der Waals surface area (Å²) in [6.45, 7) is 5.57. The highest BCUT2D eigenvalue weighted by molar-refractivity contribution is 7.22. The summed E-state index contributed by atoms with van der Waals surface area (Å²) in [5, 5.41) is 14.6. The third kappa shape index (κ3) is 3.98. The molecule has 1 aliphatic heterocycles. The predicted molar refractivity (Wildman–Crippen MR) is 135 cm³/mol. The number of carbonyl (C=O) groups is 1. The number of nitrogens with zero attached hydrogens (tertiary/aromatic N) is 1. The Hall–Kier alpha value is -3.64. The van der Waals surface area contributed by atoms with Gasteiger partial charge in [-0.05, 0) is 54.3 Å². The molecule has 2 heterocycles. The number of benzene rings is 3. The van der Waals surface area contributed by atoms with E-state index in [4.69, 9.17) is 0 Å². The maximum atomic E-state index is 13.1. The van der Waals surface area contributed by atoms with E-state index in [1.54, 1.807) is 35.6 Å². The Balaban J connectivity index is 1.57. The molecule has 6 heteroatoms. The van der Waals surface area contributed by atoms with Crippen molar-refractivity contribution in [1.82, 2.24) is 0 Å². The van der Waals surface area contributed by atoms with Gasteiger partial charge in [0.1, 0.15) is 0 Å². The lowest BCUT2D eigenvalue weighted by atomic mass is 10.0. The van der Waals surface area contributed by atoms with Crippen molar-refractivity contribution in [2.75, 3.05) is 10.2 Å². The molecule has 0 fully saturated rings. The fourth-order valence-corrected chi connectivity index (χ4v) is 5.75. The number of anilines is 2. The number of rotatable bonds is 5. The van der Waals surface area contributed by atoms with Crippen molar-refractivity contribution in [3.05, 3.63) is 105 Å². The molecule has 4 aromatic rings. The summed E-state index contributed by atoms with van der Waals surface area (Å²) in [5.74, 6) is -0.972. The van der Waals surface area contributed by atoms with Crippen molar-refractivity contribution in [2.45, 2.75) is 33.0 Å². The van der Waals surface area contributed by atoms with E-state index in [1.807, 2.05) is 38.1 Å². The first-order chi connectivity index (χ1) is 15.9. The van der Waals surface area contributed by atoms with Crippen molar-refractivity contribution in [3.8, 4) is 0 Å². The lowest BCUT2D eigenvalue weighted by molar-refractivity contribution is 0.0698. The molecule has 0 spiro atoms. The van der Waals surface area contributed by atoms with Crippen molar-refractivity contribution < 1.29 is 9.90 Å². The van der Waals surface area contributed by atoms with E-state index in [0.29, 0.717) is 11.1 Å². The minimum Gasteiger partial charge on any atom is -0.478 e. The number of nitrogens with one attached hydrogen (secondary N) is 1. The largest absolute Gasteiger partial charge is 0.478 e. The van der Waals surface area contributed by atoms with Crippen molar-refractivity contribution >= 4 is 38.1 Å². The van der Waals surface area contributed by atoms with Crippen molar-refractivity contribution in [3.63, 3.8) is 0 Å². The second kappa shape index (κ2) is 8.37. The Labute approximate surface area is 195 Å². The van der Waals surface area contributed by atoms with Crippen LogP contribution >= 0.6 is 11.3 Å². The van der Waals surface area contributed by atoms with Gasteiger partial charge in [0.25, 0.3) is 0 Å². The van der Waals surface area contributed by atoms with Crippen molar-refractivity contribution in [2.24, 2.45) is 0 Å². The number of hydrogen-bond donors (Lipinski definition) is 2. The summed E-state index contributed by atoms with van der Waals surface area (Å²) in [6, 6.07) is 20.9. The molecular weight excluding hydrogens is 432 g/mol. The second-order valence-electron chi connectivity index (χ2n) is 8.52. The van der Waals surface area contributed by atoms with Crippen LogP contribution in [-0.2, 0) is 13.1 Å². The number of carboxylic acids is 1. The van der Waals surface area contributed by atoms with Gasteiger partial charge in [0, 0.05) is 41.0 Å². The van der Waals surface area contributed by atoms with Crippen LogP contribution in [0.1, 0.15) is 45.6 Å². The molecule has 0 radical (unpaired) electrons. The highest BCUT2D eigenvalue weighted by Gasteiger charge is 2.22. The second-order valence-corrected chi connectivity index (χ2v) is 9.55. The fourth-order valence-electron chi connectivity index (χ4n) is 4.50. The monoisotopic (exact) mass is 456 g/mol. The molecular formula is C27H24N2O3S. The maximum absolute atomic E-state index is 13.1. The Morgan fingerprint density at radius 1 is 1.03 bits per heavy atom. The number of fused-ring (bicyclic) bond motifs is 2. The van der Waals surface area contributed by atoms with E-state index < -0.39 is 5.97 Å². The average Bonchev–Trinajstić information content (AvgIpc) is 3.23. The smallest absolute Gasteiger partial charge is 0.337 e. The van der Waals surface area contributed by atoms with E-state index in [0.717, 1.165) is 33.9 Å². The summed E-state index contributed by atoms with van der Waals surface area (Å²) >= 11 is 1.62. The quantitative estimate of drug-likeness (QED) is 0.388. The van der Waals surface area contributed by atoms with Gasteiger partial charge in [0.15, 0.2) is 5.43 Å². The number of carboxylic acid groups (broad SMARTS) is 1. The third-order valence-electron chi connectivity index (χ3n) is 6.14. The lowest BCUT2D eigenvalue weighted by Gasteiger charge is -2.21. The van der Waals surface area contributed by atoms with Crippen LogP contribution in [0.2, 0.25) is 0 Å². The minimum absolute atomic E-state index is 0.0118. The van der Waals surface area contributed by atoms with Crippen LogP contribution in [0.15, 0.2) is 71.5 Å². The molecule has 0 aliphatic carbocycles. The van der Waals surface area contributed by atoms with E-state index in [9.17, 15) is 14.7 Å². The first-order valence-corrected chi connectivity index (χ1v) is 11.7. The topological polar surface area (TPSA) is 69.6 Å². The maximum Gasteiger partial charge on any atom is 0.337 e. The molecule has 0 bridgehead atoms. The van der Waals surface area contributed by atoms with Crippen LogP contribution < -0.4 is 15.6 Å². The number of aryl methyl sites for hydroxylation is 1. The van der Waals surface area contributed by atoms with Gasteiger partial charge in [0.05, 0.1) is 10.6 Å². The summed E-state index contributed by atoms with van der Waals surface area (Å²) in [6.07, 6.45) is 0. The zero-order chi connectivity index (χ0) is 23.1. The van der Waals surface area contributed by atoms with Gasteiger partial charge in [-0.1, -0.05) is 42.5 Å². The van der Waals surface area contributed by atoms with Gasteiger partial charge in [-0.25, -0.2) is 4.79 Å².